The van der Waals surface area contributed by atoms with Crippen molar-refractivity contribution in [3.63, 3.8) is 0 Å². The summed E-state index contributed by atoms with van der Waals surface area (Å²) in [5, 5.41) is 0. The van der Waals surface area contributed by atoms with E-state index in [1.807, 2.05) is 0 Å². The molecule has 0 amide bonds. The van der Waals surface area contributed by atoms with Crippen LogP contribution in [0.5, 0.6) is 0 Å². The van der Waals surface area contributed by atoms with Gasteiger partial charge >= 0.3 is 0 Å². The molecule has 0 aromatic heterocycles. The van der Waals surface area contributed by atoms with E-state index < -0.39 is 0 Å². The number of hydrogen-bond donors (Lipinski definition) is 0. The monoisotopic (exact) mass is 243 g/mol. The molecule has 1 nitrogen and oxygen atoms in total. The first-order chi connectivity index (χ1) is 8.32. The lowest BCUT2D eigenvalue weighted by molar-refractivity contribution is 0.576. The molecule has 18 heavy (non-hydrogen) atoms. The molecule has 0 saturated heterocycles. The topological polar surface area (TPSA) is 3.24 Å². The van der Waals surface area contributed by atoms with Crippen LogP contribution in [0.2, 0.25) is 0 Å². The molecule has 0 bridgehead atoms. The van der Waals surface area contributed by atoms with Crippen LogP contribution in [0.3, 0.4) is 0 Å². The van der Waals surface area contributed by atoms with Gasteiger partial charge in [0.1, 0.15) is 0 Å². The summed E-state index contributed by atoms with van der Waals surface area (Å²) < 4.78 is 0. The molecule has 1 aliphatic rings. The van der Waals surface area contributed by atoms with Crippen LogP contribution < -0.4 is 4.90 Å². The van der Waals surface area contributed by atoms with Crippen molar-refractivity contribution in [2.75, 3.05) is 4.90 Å². The SMILES string of the molecule is C=C1CCc2c(cccc2C(C)(C)C)N1C(C)C. The summed E-state index contributed by atoms with van der Waals surface area (Å²) in [5.74, 6) is 0. The Hall–Kier alpha value is -1.24. The molecule has 0 aliphatic carbocycles. The van der Waals surface area contributed by atoms with Crippen LogP contribution in [0.25, 0.3) is 0 Å². The third-order valence-electron chi connectivity index (χ3n) is 3.74. The summed E-state index contributed by atoms with van der Waals surface area (Å²) in [7, 11) is 0. The first kappa shape index (κ1) is 13.2. The second-order valence-corrected chi connectivity index (χ2v) is 6.58. The Morgan fingerprint density at radius 1 is 1.17 bits per heavy atom. The molecule has 1 heteroatoms. The van der Waals surface area contributed by atoms with Crippen LogP contribution in [0.4, 0.5) is 5.69 Å². The second kappa shape index (κ2) is 4.46. The van der Waals surface area contributed by atoms with Crippen LogP contribution in [0, 0.1) is 0 Å². The Kier molecular flexibility index (Phi) is 3.27. The van der Waals surface area contributed by atoms with Crippen LogP contribution in [-0.4, -0.2) is 6.04 Å². The molecule has 1 aliphatic heterocycles. The van der Waals surface area contributed by atoms with Crippen molar-refractivity contribution in [1.82, 2.24) is 0 Å². The van der Waals surface area contributed by atoms with Gasteiger partial charge in [0.15, 0.2) is 0 Å². The molecule has 98 valence electrons. The van der Waals surface area contributed by atoms with Gasteiger partial charge in [-0.05, 0) is 49.3 Å². The highest BCUT2D eigenvalue weighted by Crippen LogP contribution is 2.39. The molecule has 0 fully saturated rings. The molecular formula is C17H25N. The average molecular weight is 243 g/mol. The second-order valence-electron chi connectivity index (χ2n) is 6.58. The smallest absolute Gasteiger partial charge is 0.0446 e. The zero-order valence-corrected chi connectivity index (χ0v) is 12.4. The van der Waals surface area contributed by atoms with Gasteiger partial charge in [0.25, 0.3) is 0 Å². The Bertz CT molecular complexity index is 463. The number of benzene rings is 1. The van der Waals surface area contributed by atoms with Crippen molar-refractivity contribution in [3.05, 3.63) is 41.6 Å². The maximum absolute atomic E-state index is 4.23. The fraction of sp³-hybridized carbons (Fsp3) is 0.529. The molecular weight excluding hydrogens is 218 g/mol. The van der Waals surface area contributed by atoms with Gasteiger partial charge in [-0.2, -0.15) is 0 Å². The third-order valence-corrected chi connectivity index (χ3v) is 3.74. The highest BCUT2D eigenvalue weighted by molar-refractivity contribution is 5.64. The average Bonchev–Trinajstić information content (AvgIpc) is 2.25. The summed E-state index contributed by atoms with van der Waals surface area (Å²) in [6, 6.07) is 7.19. The minimum Gasteiger partial charge on any atom is -0.343 e. The molecule has 1 heterocycles. The summed E-state index contributed by atoms with van der Waals surface area (Å²) in [6.45, 7) is 15.6. The number of anilines is 1. The Labute approximate surface area is 112 Å². The first-order valence-corrected chi connectivity index (χ1v) is 6.91. The zero-order chi connectivity index (χ0) is 13.5. The number of rotatable bonds is 1. The number of allylic oxidation sites excluding steroid dienone is 1. The van der Waals surface area contributed by atoms with E-state index in [9.17, 15) is 0 Å². The number of fused-ring (bicyclic) bond motifs is 1. The minimum atomic E-state index is 0.215. The Morgan fingerprint density at radius 3 is 2.39 bits per heavy atom. The van der Waals surface area contributed by atoms with Crippen molar-refractivity contribution < 1.29 is 0 Å². The molecule has 1 aromatic carbocycles. The Morgan fingerprint density at radius 2 is 1.83 bits per heavy atom. The van der Waals surface area contributed by atoms with E-state index in [1.54, 1.807) is 0 Å². The van der Waals surface area contributed by atoms with Gasteiger partial charge in [-0.3, -0.25) is 0 Å². The van der Waals surface area contributed by atoms with Gasteiger partial charge in [0, 0.05) is 17.4 Å². The molecule has 0 spiro atoms. The van der Waals surface area contributed by atoms with Crippen LogP contribution >= 0.6 is 0 Å². The molecule has 0 N–H and O–H groups in total. The minimum absolute atomic E-state index is 0.215. The van der Waals surface area contributed by atoms with E-state index in [0.29, 0.717) is 6.04 Å². The molecule has 0 unspecified atom stereocenters. The van der Waals surface area contributed by atoms with Gasteiger partial charge in [0.05, 0.1) is 0 Å². The van der Waals surface area contributed by atoms with Crippen molar-refractivity contribution in [2.24, 2.45) is 0 Å². The van der Waals surface area contributed by atoms with Crippen LogP contribution in [0.1, 0.15) is 52.2 Å². The molecule has 0 atom stereocenters. The van der Waals surface area contributed by atoms with Gasteiger partial charge in [-0.25, -0.2) is 0 Å². The lowest BCUT2D eigenvalue weighted by Crippen LogP contribution is -2.34. The van der Waals surface area contributed by atoms with Gasteiger partial charge in [0.2, 0.25) is 0 Å². The zero-order valence-electron chi connectivity index (χ0n) is 12.4. The lowest BCUT2D eigenvalue weighted by Gasteiger charge is -2.39. The molecule has 2 rings (SSSR count). The number of nitrogens with zero attached hydrogens (tertiary/aromatic N) is 1. The molecule has 1 aromatic rings. The van der Waals surface area contributed by atoms with Gasteiger partial charge in [-0.1, -0.05) is 39.5 Å². The van der Waals surface area contributed by atoms with E-state index in [-0.39, 0.29) is 5.41 Å². The van der Waals surface area contributed by atoms with Crippen LogP contribution in [0.15, 0.2) is 30.5 Å². The largest absolute Gasteiger partial charge is 0.343 e. The number of hydrogen-bond acceptors (Lipinski definition) is 1. The van der Waals surface area contributed by atoms with E-state index >= 15 is 0 Å². The van der Waals surface area contributed by atoms with Gasteiger partial charge < -0.3 is 4.90 Å². The highest BCUT2D eigenvalue weighted by atomic mass is 15.2. The molecule has 0 radical (unpaired) electrons. The van der Waals surface area contributed by atoms with E-state index in [2.05, 4.69) is 64.3 Å². The van der Waals surface area contributed by atoms with Crippen molar-refractivity contribution in [2.45, 2.75) is 58.9 Å². The van der Waals surface area contributed by atoms with E-state index in [4.69, 9.17) is 0 Å². The fourth-order valence-corrected chi connectivity index (χ4v) is 2.97. The van der Waals surface area contributed by atoms with E-state index in [0.717, 1.165) is 12.8 Å². The van der Waals surface area contributed by atoms with Crippen molar-refractivity contribution in [1.29, 1.82) is 0 Å². The van der Waals surface area contributed by atoms with Gasteiger partial charge in [-0.15, -0.1) is 0 Å². The first-order valence-electron chi connectivity index (χ1n) is 6.91. The standard InChI is InChI=1S/C17H25N/c1-12(2)18-13(3)10-11-14-15(17(4,5)6)8-7-9-16(14)18/h7-9,12H,3,10-11H2,1-2,4-6H3. The van der Waals surface area contributed by atoms with Crippen molar-refractivity contribution in [3.8, 4) is 0 Å². The predicted octanol–water partition coefficient (Wildman–Crippen LogP) is 4.66. The summed E-state index contributed by atoms with van der Waals surface area (Å²) in [5.41, 5.74) is 5.84. The molecule has 0 saturated carbocycles. The van der Waals surface area contributed by atoms with Crippen molar-refractivity contribution >= 4 is 5.69 Å². The normalized spacial score (nSPS) is 16.1. The Balaban J connectivity index is 2.58. The van der Waals surface area contributed by atoms with E-state index in [1.165, 1.54) is 22.5 Å². The fourth-order valence-electron chi connectivity index (χ4n) is 2.97. The lowest BCUT2D eigenvalue weighted by atomic mass is 9.80. The summed E-state index contributed by atoms with van der Waals surface area (Å²) >= 11 is 0. The maximum Gasteiger partial charge on any atom is 0.0446 e. The predicted molar refractivity (Wildman–Crippen MR) is 80.2 cm³/mol. The quantitative estimate of drug-likeness (QED) is 0.693. The third kappa shape index (κ3) is 2.19. The highest BCUT2D eigenvalue weighted by Gasteiger charge is 2.27. The summed E-state index contributed by atoms with van der Waals surface area (Å²) in [6.07, 6.45) is 2.21. The maximum atomic E-state index is 4.23. The summed E-state index contributed by atoms with van der Waals surface area (Å²) in [4.78, 5) is 2.40. The van der Waals surface area contributed by atoms with Crippen LogP contribution in [-0.2, 0) is 11.8 Å².